The second kappa shape index (κ2) is 6.15. The second-order valence-corrected chi connectivity index (χ2v) is 6.36. The molecule has 0 heterocycles. The molecule has 1 fully saturated rings. The third-order valence-electron chi connectivity index (χ3n) is 2.39. The Morgan fingerprint density at radius 1 is 1.31 bits per heavy atom. The first-order valence-electron chi connectivity index (χ1n) is 5.05. The van der Waals surface area contributed by atoms with Crippen molar-refractivity contribution < 1.29 is 14.6 Å². The van der Waals surface area contributed by atoms with Crippen LogP contribution in [-0.2, 0) is 4.74 Å². The van der Waals surface area contributed by atoms with Gasteiger partial charge in [-0.2, -0.15) is 0 Å². The molecule has 0 aromatic heterocycles. The summed E-state index contributed by atoms with van der Waals surface area (Å²) in [5, 5.41) is 11.9. The van der Waals surface area contributed by atoms with Crippen LogP contribution in [0.2, 0.25) is 0 Å². The largest absolute Gasteiger partial charge is 0.445 e. The summed E-state index contributed by atoms with van der Waals surface area (Å²) in [6.07, 6.45) is 2.02. The quantitative estimate of drug-likeness (QED) is 0.768. The highest BCUT2D eigenvalue weighted by Crippen LogP contribution is 2.26. The van der Waals surface area contributed by atoms with Crippen LogP contribution < -0.4 is 5.32 Å². The Labute approximate surface area is 109 Å². The van der Waals surface area contributed by atoms with Crippen molar-refractivity contribution in [1.82, 2.24) is 5.32 Å². The molecule has 0 atom stereocenters. The topological polar surface area (TPSA) is 58.6 Å². The molecule has 1 aliphatic rings. The highest BCUT2D eigenvalue weighted by molar-refractivity contribution is 6.67. The highest BCUT2D eigenvalue weighted by Gasteiger charge is 2.24. The fourth-order valence-electron chi connectivity index (χ4n) is 1.58. The van der Waals surface area contributed by atoms with E-state index < -0.39 is 9.89 Å². The van der Waals surface area contributed by atoms with Gasteiger partial charge in [0.25, 0.3) is 0 Å². The zero-order chi connectivity index (χ0) is 12.2. The van der Waals surface area contributed by atoms with Crippen LogP contribution in [0, 0.1) is 0 Å². The lowest BCUT2D eigenvalue weighted by Crippen LogP contribution is -2.39. The fraction of sp³-hybridized carbons (Fsp3) is 0.889. The van der Waals surface area contributed by atoms with E-state index in [1.165, 1.54) is 0 Å². The number of carbonyl (C=O) groups excluding carboxylic acids is 1. The van der Waals surface area contributed by atoms with Gasteiger partial charge in [-0.3, -0.25) is 0 Å². The lowest BCUT2D eigenvalue weighted by Gasteiger charge is -2.26. The van der Waals surface area contributed by atoms with Gasteiger partial charge in [0.2, 0.25) is 3.79 Å². The summed E-state index contributed by atoms with van der Waals surface area (Å²) in [6.45, 7) is -0.279. The average molecular weight is 291 g/mol. The summed E-state index contributed by atoms with van der Waals surface area (Å²) in [5.41, 5.74) is 0. The van der Waals surface area contributed by atoms with Crippen LogP contribution in [0.4, 0.5) is 4.79 Å². The Morgan fingerprint density at radius 3 is 2.38 bits per heavy atom. The van der Waals surface area contributed by atoms with E-state index >= 15 is 0 Å². The molecule has 16 heavy (non-hydrogen) atoms. The monoisotopic (exact) mass is 289 g/mol. The predicted molar refractivity (Wildman–Crippen MR) is 63.0 cm³/mol. The molecule has 0 radical (unpaired) electrons. The Balaban J connectivity index is 2.19. The average Bonchev–Trinajstić information content (AvgIpc) is 2.18. The van der Waals surface area contributed by atoms with Crippen molar-refractivity contribution in [2.24, 2.45) is 0 Å². The highest BCUT2D eigenvalue weighted by atomic mass is 35.6. The summed E-state index contributed by atoms with van der Waals surface area (Å²) in [7, 11) is 0. The summed E-state index contributed by atoms with van der Waals surface area (Å²) in [4.78, 5) is 11.3. The number of alkyl halides is 3. The molecule has 0 aliphatic heterocycles. The van der Waals surface area contributed by atoms with Gasteiger partial charge in [0.05, 0.1) is 6.10 Å². The molecule has 1 rings (SSSR count). The normalized spacial score (nSPS) is 26.2. The van der Waals surface area contributed by atoms with Gasteiger partial charge in [-0.25, -0.2) is 4.79 Å². The van der Waals surface area contributed by atoms with Gasteiger partial charge in [0, 0.05) is 6.04 Å². The number of nitrogens with one attached hydrogen (secondary N) is 1. The maximum atomic E-state index is 11.3. The number of carbonyl (C=O) groups is 1. The minimum absolute atomic E-state index is 0.0336. The van der Waals surface area contributed by atoms with Crippen molar-refractivity contribution in [2.75, 3.05) is 6.61 Å². The van der Waals surface area contributed by atoms with Crippen LogP contribution in [0.1, 0.15) is 25.7 Å². The molecular formula is C9H14Cl3NO3. The third-order valence-corrected chi connectivity index (χ3v) is 2.71. The molecule has 4 nitrogen and oxygen atoms in total. The first-order valence-corrected chi connectivity index (χ1v) is 6.18. The smallest absolute Gasteiger partial charge is 0.407 e. The number of hydrogen-bond acceptors (Lipinski definition) is 3. The standard InChI is InChI=1S/C9H14Cl3NO3/c10-9(11,12)5-16-8(15)13-6-1-3-7(14)4-2-6/h6-7,14H,1-5H2,(H,13,15). The van der Waals surface area contributed by atoms with E-state index in [-0.39, 0.29) is 18.8 Å². The van der Waals surface area contributed by atoms with Crippen molar-refractivity contribution in [3.63, 3.8) is 0 Å². The Bertz CT molecular complexity index is 237. The van der Waals surface area contributed by atoms with Crippen LogP contribution >= 0.6 is 34.8 Å². The van der Waals surface area contributed by atoms with Gasteiger partial charge in [0.1, 0.15) is 6.61 Å². The summed E-state index contributed by atoms with van der Waals surface area (Å²) < 4.78 is 3.14. The maximum Gasteiger partial charge on any atom is 0.407 e. The number of amides is 1. The number of rotatable bonds is 2. The van der Waals surface area contributed by atoms with Gasteiger partial charge >= 0.3 is 6.09 Å². The second-order valence-electron chi connectivity index (χ2n) is 3.84. The summed E-state index contributed by atoms with van der Waals surface area (Å²) in [5.74, 6) is 0. The molecule has 7 heteroatoms. The van der Waals surface area contributed by atoms with Crippen molar-refractivity contribution in [3.8, 4) is 0 Å². The Hall–Kier alpha value is 0.1000. The minimum Gasteiger partial charge on any atom is -0.445 e. The van der Waals surface area contributed by atoms with Crippen LogP contribution in [0.25, 0.3) is 0 Å². The molecule has 0 spiro atoms. The van der Waals surface area contributed by atoms with Crippen LogP contribution in [0.15, 0.2) is 0 Å². The van der Waals surface area contributed by atoms with E-state index in [9.17, 15) is 9.90 Å². The van der Waals surface area contributed by atoms with Crippen LogP contribution in [0.5, 0.6) is 0 Å². The number of halogens is 3. The fourth-order valence-corrected chi connectivity index (χ4v) is 1.74. The Kier molecular flexibility index (Phi) is 5.44. The van der Waals surface area contributed by atoms with Gasteiger partial charge in [-0.1, -0.05) is 34.8 Å². The molecular weight excluding hydrogens is 276 g/mol. The third kappa shape index (κ3) is 5.99. The van der Waals surface area contributed by atoms with Crippen LogP contribution in [-0.4, -0.2) is 33.7 Å². The first kappa shape index (κ1) is 14.2. The van der Waals surface area contributed by atoms with E-state index in [0.29, 0.717) is 12.8 Å². The molecule has 2 N–H and O–H groups in total. The number of aliphatic hydroxyl groups is 1. The molecule has 1 aliphatic carbocycles. The number of aliphatic hydroxyl groups excluding tert-OH is 1. The first-order chi connectivity index (χ1) is 7.37. The van der Waals surface area contributed by atoms with Gasteiger partial charge in [-0.15, -0.1) is 0 Å². The van der Waals surface area contributed by atoms with Crippen molar-refractivity contribution in [1.29, 1.82) is 0 Å². The molecule has 0 unspecified atom stereocenters. The van der Waals surface area contributed by atoms with Gasteiger partial charge in [0.15, 0.2) is 0 Å². The van der Waals surface area contributed by atoms with E-state index in [2.05, 4.69) is 5.32 Å². The molecule has 94 valence electrons. The number of alkyl carbamates (subject to hydrolysis) is 1. The van der Waals surface area contributed by atoms with E-state index in [0.717, 1.165) is 12.8 Å². The van der Waals surface area contributed by atoms with E-state index in [4.69, 9.17) is 39.5 Å². The van der Waals surface area contributed by atoms with Crippen LogP contribution in [0.3, 0.4) is 0 Å². The maximum absolute atomic E-state index is 11.3. The van der Waals surface area contributed by atoms with E-state index in [1.54, 1.807) is 0 Å². The van der Waals surface area contributed by atoms with Gasteiger partial charge < -0.3 is 15.2 Å². The Morgan fingerprint density at radius 2 is 1.88 bits per heavy atom. The molecule has 0 saturated heterocycles. The summed E-state index contributed by atoms with van der Waals surface area (Å²) >= 11 is 16.3. The number of hydrogen-bond donors (Lipinski definition) is 2. The lowest BCUT2D eigenvalue weighted by molar-refractivity contribution is 0.107. The lowest BCUT2D eigenvalue weighted by atomic mass is 9.93. The molecule has 0 aromatic carbocycles. The summed E-state index contributed by atoms with van der Waals surface area (Å²) in [6, 6.07) is 0.0336. The predicted octanol–water partition coefficient (Wildman–Crippen LogP) is 2.39. The van der Waals surface area contributed by atoms with Gasteiger partial charge in [-0.05, 0) is 25.7 Å². The number of ether oxygens (including phenoxy) is 1. The van der Waals surface area contributed by atoms with Crippen molar-refractivity contribution >= 4 is 40.9 Å². The molecule has 1 amide bonds. The minimum atomic E-state index is -1.58. The SMILES string of the molecule is O=C(NC1CCC(O)CC1)OCC(Cl)(Cl)Cl. The zero-order valence-electron chi connectivity index (χ0n) is 8.59. The molecule has 0 aromatic rings. The van der Waals surface area contributed by atoms with Crippen molar-refractivity contribution in [2.45, 2.75) is 41.6 Å². The zero-order valence-corrected chi connectivity index (χ0v) is 10.9. The van der Waals surface area contributed by atoms with Crippen molar-refractivity contribution in [3.05, 3.63) is 0 Å². The van der Waals surface area contributed by atoms with E-state index in [1.807, 2.05) is 0 Å². The molecule has 0 bridgehead atoms. The molecule has 1 saturated carbocycles.